The van der Waals surface area contributed by atoms with Gasteiger partial charge in [0.25, 0.3) is 15.9 Å². The Kier molecular flexibility index (Phi) is 5.60. The third-order valence-electron chi connectivity index (χ3n) is 5.42. The third kappa shape index (κ3) is 4.29. The zero-order chi connectivity index (χ0) is 23.0. The summed E-state index contributed by atoms with van der Waals surface area (Å²) in [6, 6.07) is 13.0. The number of hydrogen-bond donors (Lipinski definition) is 2. The first-order valence-electron chi connectivity index (χ1n) is 10.2. The normalized spacial score (nSPS) is 17.4. The molecule has 0 bridgehead atoms. The van der Waals surface area contributed by atoms with E-state index in [0.29, 0.717) is 28.5 Å². The van der Waals surface area contributed by atoms with Crippen LogP contribution >= 0.6 is 0 Å². The topological polar surface area (TPSA) is 110 Å². The Morgan fingerprint density at radius 3 is 2.44 bits per heavy atom. The molecule has 0 aliphatic carbocycles. The molecule has 0 saturated heterocycles. The van der Waals surface area contributed by atoms with Gasteiger partial charge in [0.05, 0.1) is 10.5 Å². The van der Waals surface area contributed by atoms with Crippen LogP contribution in [0.4, 0.5) is 11.5 Å². The van der Waals surface area contributed by atoms with Crippen molar-refractivity contribution in [1.82, 2.24) is 9.97 Å². The van der Waals surface area contributed by atoms with E-state index < -0.39 is 10.0 Å². The van der Waals surface area contributed by atoms with Gasteiger partial charge in [-0.3, -0.25) is 9.52 Å². The van der Waals surface area contributed by atoms with Gasteiger partial charge in [-0.05, 0) is 51.1 Å². The van der Waals surface area contributed by atoms with Gasteiger partial charge in [-0.25, -0.2) is 18.4 Å². The number of nitrogens with one attached hydrogen (secondary N) is 2. The predicted molar refractivity (Wildman–Crippen MR) is 122 cm³/mol. The van der Waals surface area contributed by atoms with Crippen molar-refractivity contribution in [2.75, 3.05) is 10.0 Å². The molecule has 0 saturated carbocycles. The van der Waals surface area contributed by atoms with E-state index in [9.17, 15) is 13.2 Å². The summed E-state index contributed by atoms with van der Waals surface area (Å²) >= 11 is 0. The Hall–Kier alpha value is -3.46. The summed E-state index contributed by atoms with van der Waals surface area (Å²) in [5.41, 5.74) is 2.59. The number of rotatable bonds is 5. The first-order valence-corrected chi connectivity index (χ1v) is 11.7. The number of carbonyl (C=O) groups is 1. The number of sulfonamides is 1. The van der Waals surface area contributed by atoms with Gasteiger partial charge in [0.1, 0.15) is 23.5 Å². The molecule has 0 fully saturated rings. The summed E-state index contributed by atoms with van der Waals surface area (Å²) in [6.07, 6.45) is -0.00148. The minimum atomic E-state index is -3.84. The number of carbonyl (C=O) groups excluding carboxylic acids is 1. The van der Waals surface area contributed by atoms with Crippen LogP contribution in [0.25, 0.3) is 0 Å². The molecule has 2 N–H and O–H groups in total. The average molecular weight is 453 g/mol. The maximum absolute atomic E-state index is 12.8. The lowest BCUT2D eigenvalue weighted by Gasteiger charge is -2.11. The molecule has 1 aliphatic rings. The monoisotopic (exact) mass is 452 g/mol. The van der Waals surface area contributed by atoms with E-state index >= 15 is 0 Å². The van der Waals surface area contributed by atoms with E-state index in [1.54, 1.807) is 26.0 Å². The SMILES string of the molecule is Cc1cc(NS(=O)(=O)c2ccc(NC(=O)c3cccc4c3O[C@@H](C)[C@@H]4C)cc2)nc(C)n1. The lowest BCUT2D eigenvalue weighted by Crippen LogP contribution is -2.16. The minimum absolute atomic E-state index is 0.00148. The number of hydrogen-bond acceptors (Lipinski definition) is 6. The Morgan fingerprint density at radius 2 is 1.75 bits per heavy atom. The van der Waals surface area contributed by atoms with E-state index in [1.807, 2.05) is 19.1 Å². The van der Waals surface area contributed by atoms with Gasteiger partial charge < -0.3 is 10.1 Å². The van der Waals surface area contributed by atoms with E-state index in [1.165, 1.54) is 24.3 Å². The predicted octanol–water partition coefficient (Wildman–Crippen LogP) is 4.03. The zero-order valence-corrected chi connectivity index (χ0v) is 19.0. The fraction of sp³-hybridized carbons (Fsp3) is 0.261. The summed E-state index contributed by atoms with van der Waals surface area (Å²) in [5.74, 6) is 1.17. The zero-order valence-electron chi connectivity index (χ0n) is 18.2. The standard InChI is InChI=1S/C23H24N4O4S/c1-13-12-21(25-16(4)24-13)27-32(29,30)18-10-8-17(9-11-18)26-23(28)20-7-5-6-19-14(2)15(3)31-22(19)20/h5-12,14-15H,1-4H3,(H,26,28)(H,24,25,27)/t14-,15-/m0/s1. The van der Waals surface area contributed by atoms with Crippen LogP contribution in [0.2, 0.25) is 0 Å². The molecule has 1 aliphatic heterocycles. The molecule has 2 atom stereocenters. The number of benzene rings is 2. The molecule has 0 radical (unpaired) electrons. The number of aryl methyl sites for hydroxylation is 2. The van der Waals surface area contributed by atoms with Crippen LogP contribution in [0.3, 0.4) is 0 Å². The van der Waals surface area contributed by atoms with Crippen LogP contribution in [0.15, 0.2) is 53.4 Å². The molecule has 2 heterocycles. The maximum atomic E-state index is 12.8. The van der Waals surface area contributed by atoms with Crippen LogP contribution in [0, 0.1) is 13.8 Å². The first-order chi connectivity index (χ1) is 15.1. The number of nitrogens with zero attached hydrogens (tertiary/aromatic N) is 2. The number of amides is 1. The van der Waals surface area contributed by atoms with Crippen molar-refractivity contribution < 1.29 is 17.9 Å². The van der Waals surface area contributed by atoms with Gasteiger partial charge in [0, 0.05) is 28.9 Å². The first kappa shape index (κ1) is 21.8. The number of para-hydroxylation sites is 1. The van der Waals surface area contributed by atoms with Crippen molar-refractivity contribution in [3.05, 3.63) is 71.2 Å². The Morgan fingerprint density at radius 1 is 1.03 bits per heavy atom. The quantitative estimate of drug-likeness (QED) is 0.605. The van der Waals surface area contributed by atoms with Crippen LogP contribution in [0.5, 0.6) is 5.75 Å². The summed E-state index contributed by atoms with van der Waals surface area (Å²) in [7, 11) is -3.84. The Labute approximate surface area is 187 Å². The molecule has 0 spiro atoms. The number of anilines is 2. The van der Waals surface area contributed by atoms with Crippen molar-refractivity contribution in [3.8, 4) is 5.75 Å². The van der Waals surface area contributed by atoms with Crippen LogP contribution in [-0.2, 0) is 10.0 Å². The summed E-state index contributed by atoms with van der Waals surface area (Å²) < 4.78 is 33.7. The van der Waals surface area contributed by atoms with Crippen LogP contribution in [0.1, 0.15) is 47.2 Å². The number of fused-ring (bicyclic) bond motifs is 1. The fourth-order valence-electron chi connectivity index (χ4n) is 3.65. The molecule has 4 rings (SSSR count). The lowest BCUT2D eigenvalue weighted by molar-refractivity contribution is 0.102. The van der Waals surface area contributed by atoms with Crippen molar-refractivity contribution in [2.45, 2.75) is 44.6 Å². The molecule has 2 aromatic carbocycles. The smallest absolute Gasteiger partial charge is 0.263 e. The molecule has 166 valence electrons. The van der Waals surface area contributed by atoms with Crippen LogP contribution < -0.4 is 14.8 Å². The number of ether oxygens (including phenoxy) is 1. The highest BCUT2D eigenvalue weighted by Gasteiger charge is 2.31. The van der Waals surface area contributed by atoms with E-state index in [4.69, 9.17) is 4.74 Å². The van der Waals surface area contributed by atoms with E-state index in [2.05, 4.69) is 26.9 Å². The summed E-state index contributed by atoms with van der Waals surface area (Å²) in [6.45, 7) is 7.49. The minimum Gasteiger partial charge on any atom is -0.489 e. The summed E-state index contributed by atoms with van der Waals surface area (Å²) in [5, 5.41) is 2.81. The number of aromatic nitrogens is 2. The van der Waals surface area contributed by atoms with Gasteiger partial charge in [-0.15, -0.1) is 0 Å². The van der Waals surface area contributed by atoms with Crippen molar-refractivity contribution in [2.24, 2.45) is 0 Å². The summed E-state index contributed by atoms with van der Waals surface area (Å²) in [4.78, 5) is 21.1. The molecule has 1 amide bonds. The Bertz CT molecular complexity index is 1270. The highest BCUT2D eigenvalue weighted by molar-refractivity contribution is 7.92. The molecule has 8 nitrogen and oxygen atoms in total. The van der Waals surface area contributed by atoms with Gasteiger partial charge in [-0.2, -0.15) is 0 Å². The van der Waals surface area contributed by atoms with Crippen molar-refractivity contribution in [1.29, 1.82) is 0 Å². The molecule has 3 aromatic rings. The second-order valence-electron chi connectivity index (χ2n) is 7.86. The van der Waals surface area contributed by atoms with Gasteiger partial charge in [0.15, 0.2) is 0 Å². The lowest BCUT2D eigenvalue weighted by atomic mass is 9.97. The molecule has 1 aromatic heterocycles. The highest BCUT2D eigenvalue weighted by Crippen LogP contribution is 2.40. The molecule has 32 heavy (non-hydrogen) atoms. The van der Waals surface area contributed by atoms with Gasteiger partial charge in [0.2, 0.25) is 0 Å². The maximum Gasteiger partial charge on any atom is 0.263 e. The van der Waals surface area contributed by atoms with Crippen molar-refractivity contribution >= 4 is 27.4 Å². The largest absolute Gasteiger partial charge is 0.489 e. The molecular weight excluding hydrogens is 428 g/mol. The molecule has 0 unspecified atom stereocenters. The Balaban J connectivity index is 1.50. The third-order valence-corrected chi connectivity index (χ3v) is 6.79. The second-order valence-corrected chi connectivity index (χ2v) is 9.54. The van der Waals surface area contributed by atoms with E-state index in [-0.39, 0.29) is 28.6 Å². The molecule has 9 heteroatoms. The average Bonchev–Trinajstić information content (AvgIpc) is 3.01. The fourth-order valence-corrected chi connectivity index (χ4v) is 4.64. The van der Waals surface area contributed by atoms with Crippen LogP contribution in [-0.4, -0.2) is 30.4 Å². The van der Waals surface area contributed by atoms with Gasteiger partial charge in [-0.1, -0.05) is 19.1 Å². The molecular formula is C23H24N4O4S. The van der Waals surface area contributed by atoms with Gasteiger partial charge >= 0.3 is 0 Å². The van der Waals surface area contributed by atoms with Crippen molar-refractivity contribution in [3.63, 3.8) is 0 Å². The van der Waals surface area contributed by atoms with E-state index in [0.717, 1.165) is 5.56 Å². The second kappa shape index (κ2) is 8.23. The highest BCUT2D eigenvalue weighted by atomic mass is 32.2.